The van der Waals surface area contributed by atoms with Crippen LogP contribution in [0.2, 0.25) is 0 Å². The number of nitrogens with two attached hydrogens (primary N) is 1. The number of carbonyl (C=O) groups excluding carboxylic acids is 1. The van der Waals surface area contributed by atoms with Gasteiger partial charge in [0, 0.05) is 6.54 Å². The molecule has 0 saturated carbocycles. The Morgan fingerprint density at radius 3 is 2.67 bits per heavy atom. The fraction of sp³-hybridized carbons (Fsp3) is 0.400. The van der Waals surface area contributed by atoms with Crippen molar-refractivity contribution in [1.29, 1.82) is 0 Å². The molecule has 2 N–H and O–H groups in total. The molecule has 0 spiro atoms. The van der Waals surface area contributed by atoms with Crippen LogP contribution in [0.1, 0.15) is 18.9 Å². The number of carbonyl (C=O) groups is 1. The van der Waals surface area contributed by atoms with Gasteiger partial charge in [0.1, 0.15) is 0 Å². The molecule has 0 aliphatic carbocycles. The van der Waals surface area contributed by atoms with Crippen molar-refractivity contribution < 1.29 is 4.79 Å². The lowest BCUT2D eigenvalue weighted by molar-refractivity contribution is -0.131. The zero-order valence-corrected chi connectivity index (χ0v) is 10.8. The summed E-state index contributed by atoms with van der Waals surface area (Å²) in [5, 5.41) is 0. The average molecular weight is 244 g/mol. The highest BCUT2D eigenvalue weighted by atomic mass is 16.2. The summed E-state index contributed by atoms with van der Waals surface area (Å²) in [5.41, 5.74) is 7.11. The molecule has 1 aromatic carbocycles. The van der Waals surface area contributed by atoms with Gasteiger partial charge in [-0.3, -0.25) is 4.79 Å². The van der Waals surface area contributed by atoms with Crippen molar-refractivity contribution in [2.45, 2.75) is 25.8 Å². The first kappa shape index (κ1) is 14.3. The van der Waals surface area contributed by atoms with Crippen LogP contribution in [-0.2, 0) is 11.2 Å². The molecule has 96 valence electrons. The number of hydrogen-bond acceptors (Lipinski definition) is 2. The predicted molar refractivity (Wildman–Crippen MR) is 73.8 cm³/mol. The maximum atomic E-state index is 12.0. The lowest BCUT2D eigenvalue weighted by Gasteiger charge is -2.22. The smallest absolute Gasteiger partial charge is 0.240 e. The number of benzene rings is 1. The van der Waals surface area contributed by atoms with E-state index in [-0.39, 0.29) is 5.91 Å². The van der Waals surface area contributed by atoms with Gasteiger partial charge in [-0.1, -0.05) is 36.3 Å². The second-order valence-electron chi connectivity index (χ2n) is 4.19. The third-order valence-electron chi connectivity index (χ3n) is 2.88. The van der Waals surface area contributed by atoms with E-state index in [4.69, 9.17) is 12.2 Å². The van der Waals surface area contributed by atoms with E-state index in [1.165, 1.54) is 5.56 Å². The van der Waals surface area contributed by atoms with Crippen molar-refractivity contribution in [3.05, 3.63) is 35.9 Å². The lowest BCUT2D eigenvalue weighted by Crippen LogP contribution is -2.44. The summed E-state index contributed by atoms with van der Waals surface area (Å²) in [5.74, 6) is 2.41. The Labute approximate surface area is 109 Å². The summed E-state index contributed by atoms with van der Waals surface area (Å²) in [6, 6.07) is 9.55. The van der Waals surface area contributed by atoms with Crippen LogP contribution in [0, 0.1) is 12.3 Å². The minimum Gasteiger partial charge on any atom is -0.330 e. The molecule has 1 amide bonds. The minimum absolute atomic E-state index is 0.0635. The normalized spacial score (nSPS) is 11.6. The van der Waals surface area contributed by atoms with Crippen molar-refractivity contribution >= 4 is 5.91 Å². The van der Waals surface area contributed by atoms with Gasteiger partial charge in [0.15, 0.2) is 0 Å². The van der Waals surface area contributed by atoms with E-state index in [1.54, 1.807) is 4.90 Å². The molecular formula is C15H20N2O. The molecule has 0 heterocycles. The number of aryl methyl sites for hydroxylation is 1. The van der Waals surface area contributed by atoms with Gasteiger partial charge in [-0.25, -0.2) is 0 Å². The number of hydrogen-bond donors (Lipinski definition) is 1. The molecule has 18 heavy (non-hydrogen) atoms. The number of likely N-dealkylation sites (N-methyl/N-ethyl adjacent to an activating group) is 1. The Hall–Kier alpha value is -1.79. The SMILES string of the molecule is C#CCN(CC)C(=O)[C@@H](N)CCc1ccccc1. The number of rotatable bonds is 6. The van der Waals surface area contributed by atoms with Crippen molar-refractivity contribution in [2.75, 3.05) is 13.1 Å². The van der Waals surface area contributed by atoms with Gasteiger partial charge >= 0.3 is 0 Å². The molecule has 0 saturated heterocycles. The van der Waals surface area contributed by atoms with E-state index in [0.717, 1.165) is 6.42 Å². The molecule has 0 unspecified atom stereocenters. The van der Waals surface area contributed by atoms with E-state index in [1.807, 2.05) is 37.3 Å². The summed E-state index contributed by atoms with van der Waals surface area (Å²) in [4.78, 5) is 13.6. The Morgan fingerprint density at radius 2 is 2.11 bits per heavy atom. The lowest BCUT2D eigenvalue weighted by atomic mass is 10.0. The van der Waals surface area contributed by atoms with Gasteiger partial charge in [0.05, 0.1) is 12.6 Å². The molecule has 1 rings (SSSR count). The second kappa shape index (κ2) is 7.52. The summed E-state index contributed by atoms with van der Waals surface area (Å²) in [6.07, 6.45) is 6.67. The number of terminal acetylenes is 1. The molecular weight excluding hydrogens is 224 g/mol. The summed E-state index contributed by atoms with van der Waals surface area (Å²) in [7, 11) is 0. The van der Waals surface area contributed by atoms with Gasteiger partial charge < -0.3 is 10.6 Å². The van der Waals surface area contributed by atoms with Crippen LogP contribution in [0.25, 0.3) is 0 Å². The Bertz CT molecular complexity index is 408. The third kappa shape index (κ3) is 4.23. The molecule has 0 fully saturated rings. The molecule has 0 aliphatic heterocycles. The van der Waals surface area contributed by atoms with E-state index < -0.39 is 6.04 Å². The van der Waals surface area contributed by atoms with Crippen LogP contribution < -0.4 is 5.73 Å². The van der Waals surface area contributed by atoms with Crippen LogP contribution in [0.15, 0.2) is 30.3 Å². The Kier molecular flexibility index (Phi) is 5.96. The fourth-order valence-corrected chi connectivity index (χ4v) is 1.78. The maximum absolute atomic E-state index is 12.0. The summed E-state index contributed by atoms with van der Waals surface area (Å²) in [6.45, 7) is 2.83. The maximum Gasteiger partial charge on any atom is 0.240 e. The Morgan fingerprint density at radius 1 is 1.44 bits per heavy atom. The van der Waals surface area contributed by atoms with Crippen LogP contribution in [0.3, 0.4) is 0 Å². The molecule has 3 nitrogen and oxygen atoms in total. The second-order valence-corrected chi connectivity index (χ2v) is 4.19. The van der Waals surface area contributed by atoms with Crippen LogP contribution in [0.4, 0.5) is 0 Å². The van der Waals surface area contributed by atoms with Crippen molar-refractivity contribution in [3.63, 3.8) is 0 Å². The topological polar surface area (TPSA) is 46.3 Å². The molecule has 0 radical (unpaired) electrons. The van der Waals surface area contributed by atoms with Gasteiger partial charge in [0.25, 0.3) is 0 Å². The zero-order valence-electron chi connectivity index (χ0n) is 10.8. The fourth-order valence-electron chi connectivity index (χ4n) is 1.78. The average Bonchev–Trinajstić information content (AvgIpc) is 2.42. The molecule has 0 aromatic heterocycles. The molecule has 3 heteroatoms. The summed E-state index contributed by atoms with van der Waals surface area (Å²) < 4.78 is 0. The van der Waals surface area contributed by atoms with Gasteiger partial charge in [-0.05, 0) is 25.3 Å². The first-order valence-electron chi connectivity index (χ1n) is 6.20. The van der Waals surface area contributed by atoms with E-state index in [0.29, 0.717) is 19.5 Å². The molecule has 0 aliphatic rings. The highest BCUT2D eigenvalue weighted by molar-refractivity contribution is 5.81. The van der Waals surface area contributed by atoms with Crippen molar-refractivity contribution in [2.24, 2.45) is 5.73 Å². The monoisotopic (exact) mass is 244 g/mol. The van der Waals surface area contributed by atoms with Gasteiger partial charge in [-0.2, -0.15) is 0 Å². The third-order valence-corrected chi connectivity index (χ3v) is 2.88. The first-order valence-corrected chi connectivity index (χ1v) is 6.20. The van der Waals surface area contributed by atoms with Crippen LogP contribution >= 0.6 is 0 Å². The van der Waals surface area contributed by atoms with Crippen LogP contribution in [0.5, 0.6) is 0 Å². The van der Waals surface area contributed by atoms with Crippen LogP contribution in [-0.4, -0.2) is 29.9 Å². The Balaban J connectivity index is 2.47. The highest BCUT2D eigenvalue weighted by Crippen LogP contribution is 2.05. The molecule has 1 atom stereocenters. The number of amides is 1. The standard InChI is InChI=1S/C15H20N2O/c1-3-12-17(4-2)15(18)14(16)11-10-13-8-6-5-7-9-13/h1,5-9,14H,4,10-12,16H2,2H3/t14-/m0/s1. The van der Waals surface area contributed by atoms with Crippen molar-refractivity contribution in [3.8, 4) is 12.3 Å². The molecule has 1 aromatic rings. The quantitative estimate of drug-likeness (QED) is 0.769. The van der Waals surface area contributed by atoms with E-state index in [2.05, 4.69) is 5.92 Å². The summed E-state index contributed by atoms with van der Waals surface area (Å²) >= 11 is 0. The highest BCUT2D eigenvalue weighted by Gasteiger charge is 2.18. The van der Waals surface area contributed by atoms with Gasteiger partial charge in [0.2, 0.25) is 5.91 Å². The van der Waals surface area contributed by atoms with E-state index >= 15 is 0 Å². The predicted octanol–water partition coefficient (Wildman–Crippen LogP) is 1.43. The number of nitrogens with zero attached hydrogens (tertiary/aromatic N) is 1. The van der Waals surface area contributed by atoms with Gasteiger partial charge in [-0.15, -0.1) is 6.42 Å². The molecule has 0 bridgehead atoms. The minimum atomic E-state index is -0.474. The van der Waals surface area contributed by atoms with Crippen molar-refractivity contribution in [1.82, 2.24) is 4.90 Å². The van der Waals surface area contributed by atoms with E-state index in [9.17, 15) is 4.79 Å². The largest absolute Gasteiger partial charge is 0.330 e. The first-order chi connectivity index (χ1) is 8.69. The zero-order chi connectivity index (χ0) is 13.4.